The van der Waals surface area contributed by atoms with E-state index in [4.69, 9.17) is 0 Å². The fourth-order valence-corrected chi connectivity index (χ4v) is 4.76. The monoisotopic (exact) mass is 339 g/mol. The zero-order valence-electron chi connectivity index (χ0n) is 12.4. The summed E-state index contributed by atoms with van der Waals surface area (Å²) in [6.45, 7) is 2.40. The Kier molecular flexibility index (Phi) is 3.92. The van der Waals surface area contributed by atoms with Crippen LogP contribution in [0.4, 0.5) is 5.13 Å². The molecule has 1 fully saturated rings. The van der Waals surface area contributed by atoms with Crippen LogP contribution in [0.25, 0.3) is 10.2 Å². The predicted octanol–water partition coefficient (Wildman–Crippen LogP) is 1.97. The van der Waals surface area contributed by atoms with Crippen molar-refractivity contribution in [3.8, 4) is 0 Å². The lowest BCUT2D eigenvalue weighted by molar-refractivity contribution is -0.119. The number of carbonyl (C=O) groups is 1. The van der Waals surface area contributed by atoms with E-state index in [0.717, 1.165) is 22.0 Å². The molecule has 1 amide bonds. The summed E-state index contributed by atoms with van der Waals surface area (Å²) in [5.41, 5.74) is 1.96. The molecule has 1 N–H and O–H groups in total. The maximum atomic E-state index is 12.4. The number of sulfonamides is 1. The van der Waals surface area contributed by atoms with Crippen LogP contribution in [-0.4, -0.2) is 42.5 Å². The second kappa shape index (κ2) is 5.60. The molecule has 0 radical (unpaired) electrons. The average Bonchev–Trinajstić information content (AvgIpc) is 3.02. The van der Waals surface area contributed by atoms with Gasteiger partial charge in [0.05, 0.1) is 16.5 Å². The van der Waals surface area contributed by atoms with E-state index in [0.29, 0.717) is 24.5 Å². The van der Waals surface area contributed by atoms with Gasteiger partial charge in [0.15, 0.2) is 5.13 Å². The van der Waals surface area contributed by atoms with E-state index in [1.807, 2.05) is 25.1 Å². The van der Waals surface area contributed by atoms with Crippen LogP contribution >= 0.6 is 11.3 Å². The topological polar surface area (TPSA) is 79.4 Å². The molecule has 1 aliphatic rings. The zero-order chi connectivity index (χ0) is 15.9. The van der Waals surface area contributed by atoms with Gasteiger partial charge in [0.25, 0.3) is 0 Å². The fourth-order valence-electron chi connectivity index (χ4n) is 2.67. The van der Waals surface area contributed by atoms with Crippen LogP contribution in [0.2, 0.25) is 0 Å². The van der Waals surface area contributed by atoms with Crippen molar-refractivity contribution in [2.75, 3.05) is 18.1 Å². The third-order valence-corrected chi connectivity index (χ3v) is 5.93. The molecule has 3 rings (SSSR count). The van der Waals surface area contributed by atoms with Gasteiger partial charge >= 0.3 is 0 Å². The van der Waals surface area contributed by atoms with Gasteiger partial charge in [0.2, 0.25) is 15.9 Å². The lowest BCUT2D eigenvalue weighted by atomic mass is 10.2. The van der Waals surface area contributed by atoms with Crippen molar-refractivity contribution in [1.29, 1.82) is 0 Å². The lowest BCUT2D eigenvalue weighted by Crippen LogP contribution is -2.42. The number of hydrogen-bond donors (Lipinski definition) is 1. The number of benzene rings is 1. The number of hydrogen-bond acceptors (Lipinski definition) is 5. The molecule has 8 heteroatoms. The highest BCUT2D eigenvalue weighted by atomic mass is 32.2. The van der Waals surface area contributed by atoms with Gasteiger partial charge in [-0.25, -0.2) is 13.4 Å². The van der Waals surface area contributed by atoms with Crippen molar-refractivity contribution < 1.29 is 13.2 Å². The molecule has 1 aliphatic heterocycles. The zero-order valence-corrected chi connectivity index (χ0v) is 14.0. The number of fused-ring (bicyclic) bond motifs is 1. The van der Waals surface area contributed by atoms with Crippen molar-refractivity contribution >= 4 is 42.6 Å². The van der Waals surface area contributed by atoms with Crippen molar-refractivity contribution in [3.63, 3.8) is 0 Å². The number of aryl methyl sites for hydroxylation is 1. The molecule has 22 heavy (non-hydrogen) atoms. The second-order valence-electron chi connectivity index (χ2n) is 5.51. The van der Waals surface area contributed by atoms with Gasteiger partial charge < -0.3 is 5.32 Å². The second-order valence-corrected chi connectivity index (χ2v) is 8.48. The predicted molar refractivity (Wildman–Crippen MR) is 87.6 cm³/mol. The molecule has 1 aromatic heterocycles. The van der Waals surface area contributed by atoms with Crippen molar-refractivity contribution in [3.05, 3.63) is 23.8 Å². The summed E-state index contributed by atoms with van der Waals surface area (Å²) in [4.78, 5) is 16.7. The summed E-state index contributed by atoms with van der Waals surface area (Å²) in [7, 11) is -3.36. The highest BCUT2D eigenvalue weighted by Gasteiger charge is 2.36. The summed E-state index contributed by atoms with van der Waals surface area (Å²) in [6, 6.07) is 5.26. The first kappa shape index (κ1) is 15.4. The van der Waals surface area contributed by atoms with E-state index in [2.05, 4.69) is 10.3 Å². The molecular weight excluding hydrogens is 322 g/mol. The van der Waals surface area contributed by atoms with E-state index in [1.165, 1.54) is 15.6 Å². The third kappa shape index (κ3) is 2.99. The Labute approximate surface area is 133 Å². The molecule has 0 aliphatic carbocycles. The smallest absolute Gasteiger partial charge is 0.244 e. The highest BCUT2D eigenvalue weighted by Crippen LogP contribution is 2.28. The van der Waals surface area contributed by atoms with Crippen LogP contribution < -0.4 is 5.32 Å². The molecule has 0 unspecified atom stereocenters. The Morgan fingerprint density at radius 1 is 1.45 bits per heavy atom. The largest absolute Gasteiger partial charge is 0.301 e. The van der Waals surface area contributed by atoms with E-state index in [1.54, 1.807) is 0 Å². The average molecular weight is 339 g/mol. The van der Waals surface area contributed by atoms with Crippen LogP contribution in [-0.2, 0) is 14.8 Å². The molecule has 2 aromatic rings. The molecule has 0 spiro atoms. The van der Waals surface area contributed by atoms with Gasteiger partial charge in [-0.2, -0.15) is 4.31 Å². The van der Waals surface area contributed by atoms with Gasteiger partial charge in [0, 0.05) is 6.54 Å². The summed E-state index contributed by atoms with van der Waals surface area (Å²) < 4.78 is 25.7. The van der Waals surface area contributed by atoms with Crippen LogP contribution in [0.5, 0.6) is 0 Å². The van der Waals surface area contributed by atoms with E-state index >= 15 is 0 Å². The fraction of sp³-hybridized carbons (Fsp3) is 0.429. The molecule has 2 heterocycles. The van der Waals surface area contributed by atoms with Crippen LogP contribution in [0.15, 0.2) is 18.2 Å². The standard InChI is InChI=1S/C14H17N3O3S2/c1-9-5-6-10-12(8-9)21-14(15-10)16-13(18)11-4-3-7-17(11)22(2,19)20/h5-6,8,11H,3-4,7H2,1-2H3,(H,15,16,18)/t11-/m0/s1. The Hall–Kier alpha value is -1.51. The Balaban J connectivity index is 1.80. The van der Waals surface area contributed by atoms with Crippen molar-refractivity contribution in [1.82, 2.24) is 9.29 Å². The summed E-state index contributed by atoms with van der Waals surface area (Å²) in [5, 5.41) is 3.26. The number of anilines is 1. The number of nitrogens with zero attached hydrogens (tertiary/aromatic N) is 2. The molecule has 0 bridgehead atoms. The number of nitrogens with one attached hydrogen (secondary N) is 1. The molecule has 6 nitrogen and oxygen atoms in total. The minimum absolute atomic E-state index is 0.307. The maximum Gasteiger partial charge on any atom is 0.244 e. The van der Waals surface area contributed by atoms with Crippen LogP contribution in [0.1, 0.15) is 18.4 Å². The summed E-state index contributed by atoms with van der Waals surface area (Å²) in [6.07, 6.45) is 2.38. The van der Waals surface area contributed by atoms with E-state index in [9.17, 15) is 13.2 Å². The minimum atomic E-state index is -3.36. The molecule has 1 atom stereocenters. The third-order valence-electron chi connectivity index (χ3n) is 3.71. The van der Waals surface area contributed by atoms with E-state index < -0.39 is 16.1 Å². The highest BCUT2D eigenvalue weighted by molar-refractivity contribution is 7.88. The number of amides is 1. The Bertz CT molecular complexity index is 829. The van der Waals surface area contributed by atoms with Gasteiger partial charge in [-0.1, -0.05) is 17.4 Å². The molecular formula is C14H17N3O3S2. The quantitative estimate of drug-likeness (QED) is 0.927. The number of carbonyl (C=O) groups excluding carboxylic acids is 1. The SMILES string of the molecule is Cc1ccc2nc(NC(=O)[C@@H]3CCCN3S(C)(=O)=O)sc2c1. The molecule has 0 saturated carbocycles. The molecule has 1 saturated heterocycles. The van der Waals surface area contributed by atoms with Crippen LogP contribution in [0.3, 0.4) is 0 Å². The van der Waals surface area contributed by atoms with Crippen LogP contribution in [0, 0.1) is 6.92 Å². The lowest BCUT2D eigenvalue weighted by Gasteiger charge is -2.20. The number of aromatic nitrogens is 1. The van der Waals surface area contributed by atoms with Gasteiger partial charge in [-0.3, -0.25) is 4.79 Å². The van der Waals surface area contributed by atoms with E-state index in [-0.39, 0.29) is 5.91 Å². The van der Waals surface area contributed by atoms with Gasteiger partial charge in [0.1, 0.15) is 6.04 Å². The maximum absolute atomic E-state index is 12.4. The summed E-state index contributed by atoms with van der Waals surface area (Å²) >= 11 is 1.40. The van der Waals surface area contributed by atoms with Crippen molar-refractivity contribution in [2.45, 2.75) is 25.8 Å². The first-order valence-corrected chi connectivity index (χ1v) is 9.66. The van der Waals surface area contributed by atoms with Crippen molar-refractivity contribution in [2.24, 2.45) is 0 Å². The van der Waals surface area contributed by atoms with Gasteiger partial charge in [-0.15, -0.1) is 0 Å². The first-order valence-electron chi connectivity index (χ1n) is 6.99. The first-order chi connectivity index (χ1) is 10.3. The Morgan fingerprint density at radius 2 is 2.23 bits per heavy atom. The van der Waals surface area contributed by atoms with Gasteiger partial charge in [-0.05, 0) is 37.5 Å². The molecule has 1 aromatic carbocycles. The minimum Gasteiger partial charge on any atom is -0.301 e. The number of rotatable bonds is 3. The summed E-state index contributed by atoms with van der Waals surface area (Å²) in [5.74, 6) is -0.307. The normalized spacial score (nSPS) is 19.6. The number of thiazole rings is 1. The Morgan fingerprint density at radius 3 is 2.95 bits per heavy atom. The molecule has 118 valence electrons.